The molecule has 0 aliphatic carbocycles. The number of rotatable bonds is 3. The zero-order valence-corrected chi connectivity index (χ0v) is 14.2. The fourth-order valence-corrected chi connectivity index (χ4v) is 4.28. The van der Waals surface area contributed by atoms with Crippen molar-refractivity contribution in [3.05, 3.63) is 57.9 Å². The summed E-state index contributed by atoms with van der Waals surface area (Å²) >= 11 is 0. The van der Waals surface area contributed by atoms with Crippen LogP contribution in [0.1, 0.15) is 27.8 Å². The molecule has 118 valence electrons. The van der Waals surface area contributed by atoms with Gasteiger partial charge in [0, 0.05) is 0 Å². The van der Waals surface area contributed by atoms with E-state index >= 15 is 0 Å². The third kappa shape index (κ3) is 2.86. The van der Waals surface area contributed by atoms with Crippen LogP contribution in [0.25, 0.3) is 0 Å². The van der Waals surface area contributed by atoms with Gasteiger partial charge in [-0.3, -0.25) is 4.72 Å². The van der Waals surface area contributed by atoms with Gasteiger partial charge in [-0.1, -0.05) is 6.07 Å². The van der Waals surface area contributed by atoms with Gasteiger partial charge < -0.3 is 0 Å². The number of anilines is 1. The first-order valence-corrected chi connectivity index (χ1v) is 8.49. The smallest absolute Gasteiger partial charge is 0.262 e. The van der Waals surface area contributed by atoms with Gasteiger partial charge in [-0.05, 0) is 80.6 Å². The van der Waals surface area contributed by atoms with E-state index in [0.717, 1.165) is 33.9 Å². The lowest BCUT2D eigenvalue weighted by atomic mass is 9.95. The molecule has 0 aliphatic rings. The zero-order valence-electron chi connectivity index (χ0n) is 13.4. The highest BCUT2D eigenvalue weighted by Gasteiger charge is 2.23. The number of halogens is 1. The Balaban J connectivity index is 2.60. The average Bonchev–Trinajstić information content (AvgIpc) is 2.42. The minimum Gasteiger partial charge on any atom is -0.280 e. The van der Waals surface area contributed by atoms with Gasteiger partial charge >= 0.3 is 0 Å². The predicted molar refractivity (Wildman–Crippen MR) is 87.3 cm³/mol. The van der Waals surface area contributed by atoms with E-state index in [9.17, 15) is 12.8 Å². The van der Waals surface area contributed by atoms with E-state index in [0.29, 0.717) is 0 Å². The molecule has 3 nitrogen and oxygen atoms in total. The molecule has 0 amide bonds. The molecule has 0 radical (unpaired) electrons. The molecule has 0 spiro atoms. The number of hydrogen-bond acceptors (Lipinski definition) is 2. The van der Waals surface area contributed by atoms with Crippen molar-refractivity contribution in [2.75, 3.05) is 4.72 Å². The topological polar surface area (TPSA) is 46.2 Å². The molecule has 2 rings (SSSR count). The van der Waals surface area contributed by atoms with E-state index in [4.69, 9.17) is 0 Å². The van der Waals surface area contributed by atoms with Gasteiger partial charge in [-0.2, -0.15) is 0 Å². The monoisotopic (exact) mass is 321 g/mol. The van der Waals surface area contributed by atoms with E-state index in [-0.39, 0.29) is 10.6 Å². The largest absolute Gasteiger partial charge is 0.280 e. The van der Waals surface area contributed by atoms with Gasteiger partial charge in [0.25, 0.3) is 10.0 Å². The summed E-state index contributed by atoms with van der Waals surface area (Å²) in [5.41, 5.74) is 4.69. The zero-order chi connectivity index (χ0) is 16.7. The van der Waals surface area contributed by atoms with Crippen LogP contribution >= 0.6 is 0 Å². The lowest BCUT2D eigenvalue weighted by Gasteiger charge is -2.19. The summed E-state index contributed by atoms with van der Waals surface area (Å²) in [6.45, 7) is 9.42. The maximum atomic E-state index is 13.2. The number of sulfonamides is 1. The second kappa shape index (κ2) is 5.72. The van der Waals surface area contributed by atoms with Crippen LogP contribution in [0.5, 0.6) is 0 Å². The second-order valence-electron chi connectivity index (χ2n) is 5.57. The van der Waals surface area contributed by atoms with Gasteiger partial charge in [0.2, 0.25) is 0 Å². The number of nitrogens with one attached hydrogen (secondary N) is 1. The van der Waals surface area contributed by atoms with E-state index in [1.807, 2.05) is 20.8 Å². The molecule has 2 aromatic rings. The molecule has 0 bridgehead atoms. The summed E-state index contributed by atoms with van der Waals surface area (Å²) in [4.78, 5) is 0.275. The number of benzene rings is 2. The fourth-order valence-electron chi connectivity index (χ4n) is 2.63. The Labute approximate surface area is 131 Å². The van der Waals surface area contributed by atoms with Crippen molar-refractivity contribution in [1.82, 2.24) is 0 Å². The predicted octanol–water partition coefficient (Wildman–Crippen LogP) is 4.17. The molecule has 0 heterocycles. The van der Waals surface area contributed by atoms with E-state index in [1.54, 1.807) is 13.8 Å². The Hall–Kier alpha value is -1.88. The lowest BCUT2D eigenvalue weighted by Crippen LogP contribution is -2.17. The van der Waals surface area contributed by atoms with Gasteiger partial charge in [0.1, 0.15) is 5.82 Å². The van der Waals surface area contributed by atoms with E-state index in [2.05, 4.69) is 4.72 Å². The highest BCUT2D eigenvalue weighted by atomic mass is 32.2. The Bertz CT molecular complexity index is 813. The van der Waals surface area contributed by atoms with Crippen molar-refractivity contribution in [2.24, 2.45) is 0 Å². The molecule has 0 fully saturated rings. The SMILES string of the molecule is Cc1c(C)c(C)c(S(=O)(=O)Nc2cccc(F)c2)c(C)c1C. The normalized spacial score (nSPS) is 11.5. The Morgan fingerprint density at radius 3 is 1.86 bits per heavy atom. The van der Waals surface area contributed by atoms with Crippen molar-refractivity contribution in [2.45, 2.75) is 39.5 Å². The van der Waals surface area contributed by atoms with Crippen molar-refractivity contribution < 1.29 is 12.8 Å². The Kier molecular flexibility index (Phi) is 4.29. The Morgan fingerprint density at radius 1 is 0.864 bits per heavy atom. The second-order valence-corrected chi connectivity index (χ2v) is 7.19. The molecule has 22 heavy (non-hydrogen) atoms. The van der Waals surface area contributed by atoms with Gasteiger partial charge in [-0.25, -0.2) is 12.8 Å². The summed E-state index contributed by atoms with van der Waals surface area (Å²) in [5.74, 6) is -0.482. The molecule has 0 saturated carbocycles. The minimum absolute atomic E-state index is 0.217. The average molecular weight is 321 g/mol. The van der Waals surface area contributed by atoms with Crippen molar-refractivity contribution in [1.29, 1.82) is 0 Å². The molecular weight excluding hydrogens is 301 g/mol. The van der Waals surface area contributed by atoms with Crippen LogP contribution in [0.3, 0.4) is 0 Å². The molecule has 0 aromatic heterocycles. The van der Waals surface area contributed by atoms with Gasteiger partial charge in [-0.15, -0.1) is 0 Å². The van der Waals surface area contributed by atoms with Crippen LogP contribution in [0.2, 0.25) is 0 Å². The summed E-state index contributed by atoms with van der Waals surface area (Å²) in [7, 11) is -3.77. The summed E-state index contributed by atoms with van der Waals surface area (Å²) in [6, 6.07) is 5.43. The van der Waals surface area contributed by atoms with Crippen LogP contribution in [-0.4, -0.2) is 8.42 Å². The van der Waals surface area contributed by atoms with Crippen molar-refractivity contribution >= 4 is 15.7 Å². The van der Waals surface area contributed by atoms with Gasteiger partial charge in [0.05, 0.1) is 10.6 Å². The molecule has 0 atom stereocenters. The first-order valence-electron chi connectivity index (χ1n) is 7.00. The first-order chi connectivity index (χ1) is 10.1. The highest BCUT2D eigenvalue weighted by molar-refractivity contribution is 7.92. The fraction of sp³-hybridized carbons (Fsp3) is 0.294. The summed E-state index contributed by atoms with van der Waals surface area (Å²) < 4.78 is 41.2. The first kappa shape index (κ1) is 16.5. The lowest BCUT2D eigenvalue weighted by molar-refractivity contribution is 0.599. The molecule has 1 N–H and O–H groups in total. The maximum absolute atomic E-state index is 13.2. The molecule has 0 saturated heterocycles. The quantitative estimate of drug-likeness (QED) is 0.922. The molecule has 5 heteroatoms. The van der Waals surface area contributed by atoms with E-state index in [1.165, 1.54) is 18.2 Å². The van der Waals surface area contributed by atoms with Crippen LogP contribution in [0.4, 0.5) is 10.1 Å². The number of hydrogen-bond donors (Lipinski definition) is 1. The molecule has 0 aliphatic heterocycles. The minimum atomic E-state index is -3.77. The van der Waals surface area contributed by atoms with Crippen LogP contribution in [0.15, 0.2) is 29.2 Å². The summed E-state index contributed by atoms with van der Waals surface area (Å²) in [5, 5.41) is 0. The van der Waals surface area contributed by atoms with Crippen LogP contribution in [0, 0.1) is 40.4 Å². The Morgan fingerprint density at radius 2 is 1.36 bits per heavy atom. The van der Waals surface area contributed by atoms with Gasteiger partial charge in [0.15, 0.2) is 0 Å². The maximum Gasteiger partial charge on any atom is 0.262 e. The van der Waals surface area contributed by atoms with Crippen molar-refractivity contribution in [3.8, 4) is 0 Å². The van der Waals surface area contributed by atoms with Crippen LogP contribution in [-0.2, 0) is 10.0 Å². The van der Waals surface area contributed by atoms with Crippen molar-refractivity contribution in [3.63, 3.8) is 0 Å². The summed E-state index contributed by atoms with van der Waals surface area (Å²) in [6.07, 6.45) is 0. The third-order valence-corrected chi connectivity index (χ3v) is 5.93. The standard InChI is InChI=1S/C17H20FNO2S/c1-10-11(2)13(4)17(14(5)12(10)3)22(20,21)19-16-8-6-7-15(18)9-16/h6-9,19H,1-5H3. The van der Waals surface area contributed by atoms with E-state index < -0.39 is 15.8 Å². The third-order valence-electron chi connectivity index (χ3n) is 4.28. The molecular formula is C17H20FNO2S. The molecule has 0 unspecified atom stereocenters. The van der Waals surface area contributed by atoms with Crippen LogP contribution < -0.4 is 4.72 Å². The molecule has 2 aromatic carbocycles. The highest BCUT2D eigenvalue weighted by Crippen LogP contribution is 2.30.